The van der Waals surface area contributed by atoms with Gasteiger partial charge in [0.1, 0.15) is 23.2 Å². The van der Waals surface area contributed by atoms with E-state index in [9.17, 15) is 25.3 Å². The maximum absolute atomic E-state index is 12.4. The zero-order chi connectivity index (χ0) is 19.9. The molecule has 3 rings (SSSR count). The average molecular weight is 371 g/mol. The van der Waals surface area contributed by atoms with E-state index in [0.717, 1.165) is 6.07 Å². The molecule has 138 valence electrons. The van der Waals surface area contributed by atoms with Crippen LogP contribution in [0.5, 0.6) is 17.2 Å². The van der Waals surface area contributed by atoms with Crippen molar-refractivity contribution in [3.05, 3.63) is 67.1 Å². The van der Waals surface area contributed by atoms with Crippen molar-refractivity contribution in [2.45, 2.75) is 12.8 Å². The second kappa shape index (κ2) is 6.38. The molecule has 27 heavy (non-hydrogen) atoms. The highest BCUT2D eigenvalue weighted by molar-refractivity contribution is 5.62. The van der Waals surface area contributed by atoms with Crippen LogP contribution in [-0.4, -0.2) is 17.1 Å². The SMILES string of the molecule is COc1cc(C2C(C#N)=C(N)Oc3cc(C)oc(=O)c32)cc([N+](=O)[O-])c1O. The molecule has 2 aromatic rings. The maximum atomic E-state index is 12.4. The van der Waals surface area contributed by atoms with Gasteiger partial charge in [-0.3, -0.25) is 10.1 Å². The lowest BCUT2D eigenvalue weighted by Gasteiger charge is -2.25. The van der Waals surface area contributed by atoms with Gasteiger partial charge in [-0.25, -0.2) is 4.79 Å². The number of nitrogens with two attached hydrogens (primary N) is 1. The van der Waals surface area contributed by atoms with E-state index in [-0.39, 0.29) is 39.8 Å². The number of benzene rings is 1. The van der Waals surface area contributed by atoms with Gasteiger partial charge in [0.25, 0.3) is 0 Å². The zero-order valence-electron chi connectivity index (χ0n) is 14.2. The van der Waals surface area contributed by atoms with Crippen molar-refractivity contribution in [3.63, 3.8) is 0 Å². The molecule has 10 nitrogen and oxygen atoms in total. The highest BCUT2D eigenvalue weighted by Crippen LogP contribution is 2.45. The molecule has 1 aromatic carbocycles. The molecule has 0 spiro atoms. The monoisotopic (exact) mass is 371 g/mol. The lowest BCUT2D eigenvalue weighted by atomic mass is 9.84. The Labute approximate surface area is 151 Å². The number of nitriles is 1. The van der Waals surface area contributed by atoms with E-state index >= 15 is 0 Å². The molecule has 0 amide bonds. The van der Waals surface area contributed by atoms with Crippen LogP contribution in [0.1, 0.15) is 22.8 Å². The molecule has 0 radical (unpaired) electrons. The lowest BCUT2D eigenvalue weighted by Crippen LogP contribution is -2.26. The van der Waals surface area contributed by atoms with E-state index in [2.05, 4.69) is 0 Å². The van der Waals surface area contributed by atoms with E-state index in [1.165, 1.54) is 26.2 Å². The van der Waals surface area contributed by atoms with Crippen LogP contribution >= 0.6 is 0 Å². The van der Waals surface area contributed by atoms with Crippen LogP contribution in [0.2, 0.25) is 0 Å². The van der Waals surface area contributed by atoms with Gasteiger partial charge in [-0.2, -0.15) is 5.26 Å². The molecule has 3 N–H and O–H groups in total. The molecular weight excluding hydrogens is 358 g/mol. The van der Waals surface area contributed by atoms with E-state index in [0.29, 0.717) is 0 Å². The van der Waals surface area contributed by atoms with Gasteiger partial charge in [-0.05, 0) is 18.6 Å². The Hall–Kier alpha value is -4.00. The second-order valence-corrected chi connectivity index (χ2v) is 5.70. The zero-order valence-corrected chi connectivity index (χ0v) is 14.2. The number of fused-ring (bicyclic) bond motifs is 1. The summed E-state index contributed by atoms with van der Waals surface area (Å²) in [6, 6.07) is 5.62. The first-order valence-electron chi connectivity index (χ1n) is 7.56. The molecule has 1 atom stereocenters. The first-order valence-corrected chi connectivity index (χ1v) is 7.56. The minimum Gasteiger partial charge on any atom is -0.500 e. The van der Waals surface area contributed by atoms with Gasteiger partial charge >= 0.3 is 11.3 Å². The number of aryl methyl sites for hydroxylation is 1. The van der Waals surface area contributed by atoms with E-state index in [1.807, 2.05) is 6.07 Å². The van der Waals surface area contributed by atoms with E-state index in [1.54, 1.807) is 0 Å². The Morgan fingerprint density at radius 1 is 1.41 bits per heavy atom. The number of nitro benzene ring substituents is 1. The first kappa shape index (κ1) is 17.8. The fraction of sp³-hybridized carbons (Fsp3) is 0.176. The fourth-order valence-corrected chi connectivity index (χ4v) is 2.93. The van der Waals surface area contributed by atoms with Crippen LogP contribution in [0.3, 0.4) is 0 Å². The van der Waals surface area contributed by atoms with Crippen molar-refractivity contribution in [2.75, 3.05) is 7.11 Å². The summed E-state index contributed by atoms with van der Waals surface area (Å²) in [6.45, 7) is 1.54. The number of phenols is 1. The van der Waals surface area contributed by atoms with Gasteiger partial charge in [0.05, 0.1) is 23.5 Å². The molecular formula is C17H13N3O7. The predicted molar refractivity (Wildman–Crippen MR) is 90.3 cm³/mol. The van der Waals surface area contributed by atoms with Gasteiger partial charge < -0.3 is 24.7 Å². The van der Waals surface area contributed by atoms with Gasteiger partial charge in [-0.15, -0.1) is 0 Å². The van der Waals surface area contributed by atoms with Gasteiger partial charge in [0.2, 0.25) is 11.6 Å². The number of ether oxygens (including phenoxy) is 2. The molecule has 0 saturated heterocycles. The largest absolute Gasteiger partial charge is 0.500 e. The smallest absolute Gasteiger partial charge is 0.343 e. The summed E-state index contributed by atoms with van der Waals surface area (Å²) in [6.07, 6.45) is 0. The van der Waals surface area contributed by atoms with E-state index in [4.69, 9.17) is 19.6 Å². The number of aromatic hydroxyl groups is 1. The molecule has 10 heteroatoms. The summed E-state index contributed by atoms with van der Waals surface area (Å²) in [5.41, 5.74) is 4.37. The van der Waals surface area contributed by atoms with Crippen LogP contribution in [0.25, 0.3) is 0 Å². The van der Waals surface area contributed by atoms with Crippen molar-refractivity contribution in [1.82, 2.24) is 0 Å². The summed E-state index contributed by atoms with van der Waals surface area (Å²) >= 11 is 0. The first-order chi connectivity index (χ1) is 12.8. The highest BCUT2D eigenvalue weighted by atomic mass is 16.6. The van der Waals surface area contributed by atoms with Gasteiger partial charge in [0, 0.05) is 12.1 Å². The Kier molecular flexibility index (Phi) is 4.21. The van der Waals surface area contributed by atoms with Crippen molar-refractivity contribution in [1.29, 1.82) is 5.26 Å². The Morgan fingerprint density at radius 3 is 2.70 bits per heavy atom. The number of nitro groups is 1. The van der Waals surface area contributed by atoms with Crippen molar-refractivity contribution in [3.8, 4) is 23.3 Å². The molecule has 1 unspecified atom stereocenters. The number of phenolic OH excluding ortho intramolecular Hbond substituents is 1. The van der Waals surface area contributed by atoms with Crippen LogP contribution in [0.4, 0.5) is 5.69 Å². The molecule has 1 aliphatic rings. The summed E-state index contributed by atoms with van der Waals surface area (Å²) < 4.78 is 15.4. The fourth-order valence-electron chi connectivity index (χ4n) is 2.93. The summed E-state index contributed by atoms with van der Waals surface area (Å²) in [5, 5.41) is 30.8. The normalized spacial score (nSPS) is 15.5. The maximum Gasteiger partial charge on any atom is 0.343 e. The molecule has 0 fully saturated rings. The molecule has 1 aromatic heterocycles. The third-order valence-corrected chi connectivity index (χ3v) is 4.08. The number of nitrogens with zero attached hydrogens (tertiary/aromatic N) is 2. The van der Waals surface area contributed by atoms with Crippen molar-refractivity contribution < 1.29 is 23.9 Å². The molecule has 0 bridgehead atoms. The number of methoxy groups -OCH3 is 1. The molecule has 1 aliphatic heterocycles. The molecule has 0 aliphatic carbocycles. The van der Waals surface area contributed by atoms with Crippen molar-refractivity contribution in [2.24, 2.45) is 5.73 Å². The van der Waals surface area contributed by atoms with Gasteiger partial charge in [0.15, 0.2) is 5.75 Å². The Balaban J connectivity index is 2.37. The Bertz CT molecular complexity index is 1090. The third-order valence-electron chi connectivity index (χ3n) is 4.08. The van der Waals surface area contributed by atoms with Crippen molar-refractivity contribution >= 4 is 5.69 Å². The quantitative estimate of drug-likeness (QED) is 0.605. The van der Waals surface area contributed by atoms with Crippen LogP contribution in [0.15, 0.2) is 38.9 Å². The lowest BCUT2D eigenvalue weighted by molar-refractivity contribution is -0.386. The van der Waals surface area contributed by atoms with Crippen LogP contribution in [0, 0.1) is 28.4 Å². The number of allylic oxidation sites excluding steroid dienone is 1. The summed E-state index contributed by atoms with van der Waals surface area (Å²) in [7, 11) is 1.22. The number of hydrogen-bond donors (Lipinski definition) is 2. The van der Waals surface area contributed by atoms with Crippen LogP contribution in [-0.2, 0) is 0 Å². The standard InChI is InChI=1S/C17H13N3O7/c1-7-3-11-14(17(22)26-7)13(9(6-18)16(19)27-11)8-4-10(20(23)24)15(21)12(5-8)25-2/h3-5,13,21H,19H2,1-2H3. The number of rotatable bonds is 3. The molecule has 0 saturated carbocycles. The third kappa shape index (κ3) is 2.81. The average Bonchev–Trinajstić information content (AvgIpc) is 2.60. The van der Waals surface area contributed by atoms with E-state index < -0.39 is 27.9 Å². The topological polar surface area (TPSA) is 162 Å². The summed E-state index contributed by atoms with van der Waals surface area (Å²) in [4.78, 5) is 22.9. The highest BCUT2D eigenvalue weighted by Gasteiger charge is 2.36. The number of hydrogen-bond acceptors (Lipinski definition) is 9. The Morgan fingerprint density at radius 2 is 2.11 bits per heavy atom. The summed E-state index contributed by atoms with van der Waals surface area (Å²) in [5.74, 6) is -1.86. The minimum absolute atomic E-state index is 0.0339. The van der Waals surface area contributed by atoms with Gasteiger partial charge in [-0.1, -0.05) is 0 Å². The minimum atomic E-state index is -1.09. The second-order valence-electron chi connectivity index (χ2n) is 5.70. The predicted octanol–water partition coefficient (Wildman–Crippen LogP) is 1.79. The van der Waals surface area contributed by atoms with Crippen LogP contribution < -0.4 is 20.8 Å². The molecule has 2 heterocycles.